The van der Waals surface area contributed by atoms with Crippen molar-refractivity contribution in [3.8, 4) is 0 Å². The molecule has 2 rings (SSSR count). The van der Waals surface area contributed by atoms with Crippen molar-refractivity contribution in [2.45, 2.75) is 31.8 Å². The first-order valence-electron chi connectivity index (χ1n) is 6.04. The molecule has 1 heterocycles. The van der Waals surface area contributed by atoms with Crippen LogP contribution in [0.1, 0.15) is 31.4 Å². The Hall–Kier alpha value is -1.49. The van der Waals surface area contributed by atoms with Crippen LogP contribution >= 0.6 is 0 Å². The van der Waals surface area contributed by atoms with Gasteiger partial charge in [0.1, 0.15) is 11.6 Å². The van der Waals surface area contributed by atoms with Crippen molar-refractivity contribution < 1.29 is 13.6 Å². The SMILES string of the molecule is CCCN1C(=O)CC(N)C1c1cc(F)cc(F)c1. The minimum Gasteiger partial charge on any atom is -0.334 e. The lowest BCUT2D eigenvalue weighted by atomic mass is 10.0. The largest absolute Gasteiger partial charge is 0.334 e. The molecule has 3 nitrogen and oxygen atoms in total. The summed E-state index contributed by atoms with van der Waals surface area (Å²) in [4.78, 5) is 13.4. The second kappa shape index (κ2) is 5.02. The van der Waals surface area contributed by atoms with Gasteiger partial charge in [0, 0.05) is 25.1 Å². The van der Waals surface area contributed by atoms with Crippen LogP contribution in [0.5, 0.6) is 0 Å². The van der Waals surface area contributed by atoms with E-state index in [9.17, 15) is 13.6 Å². The number of carbonyl (C=O) groups excluding carboxylic acids is 1. The molecular formula is C13H16F2N2O. The molecule has 0 aromatic heterocycles. The summed E-state index contributed by atoms with van der Waals surface area (Å²) in [6, 6.07) is 2.47. The van der Waals surface area contributed by atoms with Gasteiger partial charge in [0.15, 0.2) is 0 Å². The lowest BCUT2D eigenvalue weighted by molar-refractivity contribution is -0.129. The van der Waals surface area contributed by atoms with E-state index >= 15 is 0 Å². The molecule has 0 aliphatic carbocycles. The first-order chi connectivity index (χ1) is 8.52. The van der Waals surface area contributed by atoms with Crippen molar-refractivity contribution in [3.63, 3.8) is 0 Å². The molecule has 98 valence electrons. The summed E-state index contributed by atoms with van der Waals surface area (Å²) < 4.78 is 26.5. The molecule has 0 spiro atoms. The maximum absolute atomic E-state index is 13.2. The minimum absolute atomic E-state index is 0.0565. The van der Waals surface area contributed by atoms with Crippen LogP contribution in [0.2, 0.25) is 0 Å². The normalized spacial score (nSPS) is 23.8. The zero-order valence-electron chi connectivity index (χ0n) is 10.2. The molecule has 5 heteroatoms. The summed E-state index contributed by atoms with van der Waals surface area (Å²) >= 11 is 0. The fourth-order valence-corrected chi connectivity index (χ4v) is 2.49. The Morgan fingerprint density at radius 2 is 1.94 bits per heavy atom. The quantitative estimate of drug-likeness (QED) is 0.896. The molecule has 1 saturated heterocycles. The van der Waals surface area contributed by atoms with Crippen molar-refractivity contribution in [2.75, 3.05) is 6.54 Å². The summed E-state index contributed by atoms with van der Waals surface area (Å²) in [7, 11) is 0. The molecule has 18 heavy (non-hydrogen) atoms. The van der Waals surface area contributed by atoms with E-state index in [2.05, 4.69) is 0 Å². The topological polar surface area (TPSA) is 46.3 Å². The van der Waals surface area contributed by atoms with Gasteiger partial charge < -0.3 is 10.6 Å². The van der Waals surface area contributed by atoms with E-state index < -0.39 is 23.7 Å². The Labute approximate surface area is 105 Å². The van der Waals surface area contributed by atoms with Crippen molar-refractivity contribution in [3.05, 3.63) is 35.4 Å². The molecule has 2 atom stereocenters. The lowest BCUT2D eigenvalue weighted by Crippen LogP contribution is -2.33. The van der Waals surface area contributed by atoms with Gasteiger partial charge in [0.25, 0.3) is 0 Å². The molecule has 1 amide bonds. The highest BCUT2D eigenvalue weighted by molar-refractivity contribution is 5.80. The predicted octanol–water partition coefficient (Wildman–Crippen LogP) is 1.98. The molecule has 1 aliphatic heterocycles. The third-order valence-corrected chi connectivity index (χ3v) is 3.16. The predicted molar refractivity (Wildman–Crippen MR) is 63.7 cm³/mol. The number of halogens is 2. The zero-order valence-corrected chi connectivity index (χ0v) is 10.2. The number of nitrogens with two attached hydrogens (primary N) is 1. The average molecular weight is 254 g/mol. The van der Waals surface area contributed by atoms with Crippen LogP contribution in [0.4, 0.5) is 8.78 Å². The minimum atomic E-state index is -0.645. The molecule has 1 aromatic rings. The van der Waals surface area contributed by atoms with E-state index in [-0.39, 0.29) is 12.3 Å². The van der Waals surface area contributed by atoms with Gasteiger partial charge in [-0.15, -0.1) is 0 Å². The van der Waals surface area contributed by atoms with E-state index in [0.717, 1.165) is 12.5 Å². The van der Waals surface area contributed by atoms with Crippen molar-refractivity contribution >= 4 is 5.91 Å². The number of amides is 1. The fourth-order valence-electron chi connectivity index (χ4n) is 2.49. The summed E-state index contributed by atoms with van der Waals surface area (Å²) in [6.45, 7) is 2.50. The Bertz CT molecular complexity index is 444. The van der Waals surface area contributed by atoms with Crippen LogP contribution in [-0.2, 0) is 4.79 Å². The van der Waals surface area contributed by atoms with Gasteiger partial charge in [-0.1, -0.05) is 6.92 Å². The molecule has 0 saturated carbocycles. The van der Waals surface area contributed by atoms with Gasteiger partial charge in [-0.25, -0.2) is 8.78 Å². The van der Waals surface area contributed by atoms with Gasteiger partial charge >= 0.3 is 0 Å². The third-order valence-electron chi connectivity index (χ3n) is 3.16. The number of likely N-dealkylation sites (tertiary alicyclic amines) is 1. The highest BCUT2D eigenvalue weighted by Gasteiger charge is 2.38. The molecule has 2 unspecified atom stereocenters. The van der Waals surface area contributed by atoms with E-state index in [1.807, 2.05) is 6.92 Å². The van der Waals surface area contributed by atoms with E-state index in [4.69, 9.17) is 5.73 Å². The van der Waals surface area contributed by atoms with Crippen LogP contribution < -0.4 is 5.73 Å². The van der Waals surface area contributed by atoms with Crippen LogP contribution in [0.25, 0.3) is 0 Å². The van der Waals surface area contributed by atoms with Crippen molar-refractivity contribution in [1.82, 2.24) is 4.90 Å². The molecule has 1 aromatic carbocycles. The Balaban J connectivity index is 2.36. The number of rotatable bonds is 3. The number of hydrogen-bond donors (Lipinski definition) is 1. The van der Waals surface area contributed by atoms with Crippen LogP contribution in [0, 0.1) is 11.6 Å². The van der Waals surface area contributed by atoms with Crippen LogP contribution in [-0.4, -0.2) is 23.4 Å². The second-order valence-electron chi connectivity index (χ2n) is 4.60. The van der Waals surface area contributed by atoms with E-state index in [1.165, 1.54) is 12.1 Å². The number of carbonyl (C=O) groups is 1. The van der Waals surface area contributed by atoms with Gasteiger partial charge in [0.05, 0.1) is 6.04 Å². The first kappa shape index (κ1) is 13.0. The number of hydrogen-bond acceptors (Lipinski definition) is 2. The molecule has 1 fully saturated rings. The van der Waals surface area contributed by atoms with Crippen molar-refractivity contribution in [1.29, 1.82) is 0 Å². The second-order valence-corrected chi connectivity index (χ2v) is 4.60. The Morgan fingerprint density at radius 1 is 1.33 bits per heavy atom. The number of nitrogens with zero attached hydrogens (tertiary/aromatic N) is 1. The van der Waals surface area contributed by atoms with Crippen molar-refractivity contribution in [2.24, 2.45) is 5.73 Å². The smallest absolute Gasteiger partial charge is 0.224 e. The Morgan fingerprint density at radius 3 is 2.50 bits per heavy atom. The summed E-state index contributed by atoms with van der Waals surface area (Å²) in [5.74, 6) is -1.35. The number of benzene rings is 1. The molecule has 0 bridgehead atoms. The van der Waals surface area contributed by atoms with Gasteiger partial charge in [0.2, 0.25) is 5.91 Å². The van der Waals surface area contributed by atoms with E-state index in [1.54, 1.807) is 4.90 Å². The summed E-state index contributed by atoms with van der Waals surface area (Å²) in [5, 5.41) is 0. The lowest BCUT2D eigenvalue weighted by Gasteiger charge is -2.27. The standard InChI is InChI=1S/C13H16F2N2O/c1-2-3-17-12(18)7-11(16)13(17)8-4-9(14)6-10(15)5-8/h4-6,11,13H,2-3,7,16H2,1H3. The van der Waals surface area contributed by atoms with Gasteiger partial charge in [-0.05, 0) is 24.1 Å². The highest BCUT2D eigenvalue weighted by Crippen LogP contribution is 2.32. The summed E-state index contributed by atoms with van der Waals surface area (Å²) in [5.41, 5.74) is 6.34. The first-order valence-corrected chi connectivity index (χ1v) is 6.04. The van der Waals surface area contributed by atoms with E-state index in [0.29, 0.717) is 12.1 Å². The maximum Gasteiger partial charge on any atom is 0.224 e. The molecular weight excluding hydrogens is 238 g/mol. The average Bonchev–Trinajstić information content (AvgIpc) is 2.53. The Kier molecular flexibility index (Phi) is 3.61. The molecule has 2 N–H and O–H groups in total. The fraction of sp³-hybridized carbons (Fsp3) is 0.462. The van der Waals surface area contributed by atoms with Gasteiger partial charge in [-0.3, -0.25) is 4.79 Å². The van der Waals surface area contributed by atoms with Crippen LogP contribution in [0.3, 0.4) is 0 Å². The molecule has 0 radical (unpaired) electrons. The zero-order chi connectivity index (χ0) is 13.3. The van der Waals surface area contributed by atoms with Crippen LogP contribution in [0.15, 0.2) is 18.2 Å². The highest BCUT2D eigenvalue weighted by atomic mass is 19.1. The third kappa shape index (κ3) is 2.36. The van der Waals surface area contributed by atoms with Gasteiger partial charge in [-0.2, -0.15) is 0 Å². The monoisotopic (exact) mass is 254 g/mol. The summed E-state index contributed by atoms with van der Waals surface area (Å²) in [6.07, 6.45) is 1.01. The molecule has 1 aliphatic rings. The maximum atomic E-state index is 13.2.